The Morgan fingerprint density at radius 2 is 2.18 bits per heavy atom. The SMILES string of the molecule is c1cc(CNCc2ccno2)c2[nH]ccc2c1. The Labute approximate surface area is 98.6 Å². The highest BCUT2D eigenvalue weighted by Crippen LogP contribution is 2.16. The van der Waals surface area contributed by atoms with Gasteiger partial charge in [-0.05, 0) is 17.0 Å². The molecule has 1 aromatic carbocycles. The normalized spacial score (nSPS) is 11.1. The predicted octanol–water partition coefficient (Wildman–Crippen LogP) is 2.45. The summed E-state index contributed by atoms with van der Waals surface area (Å²) in [5, 5.41) is 8.24. The molecule has 0 spiro atoms. The van der Waals surface area contributed by atoms with Gasteiger partial charge in [0.2, 0.25) is 0 Å². The van der Waals surface area contributed by atoms with Crippen molar-refractivity contribution in [1.82, 2.24) is 15.5 Å². The van der Waals surface area contributed by atoms with Crippen molar-refractivity contribution in [2.75, 3.05) is 0 Å². The van der Waals surface area contributed by atoms with E-state index in [2.05, 4.69) is 39.7 Å². The van der Waals surface area contributed by atoms with Crippen LogP contribution in [0.5, 0.6) is 0 Å². The number of hydrogen-bond donors (Lipinski definition) is 2. The summed E-state index contributed by atoms with van der Waals surface area (Å²) in [4.78, 5) is 3.26. The number of nitrogens with one attached hydrogen (secondary N) is 2. The van der Waals surface area contributed by atoms with Crippen LogP contribution in [0.3, 0.4) is 0 Å². The van der Waals surface area contributed by atoms with E-state index in [1.165, 1.54) is 16.5 Å². The molecule has 0 aliphatic rings. The van der Waals surface area contributed by atoms with E-state index < -0.39 is 0 Å². The summed E-state index contributed by atoms with van der Waals surface area (Å²) < 4.78 is 5.02. The third kappa shape index (κ3) is 2.07. The third-order valence-corrected chi connectivity index (χ3v) is 2.78. The number of nitrogens with zero attached hydrogens (tertiary/aromatic N) is 1. The average Bonchev–Trinajstić information content (AvgIpc) is 2.99. The summed E-state index contributed by atoms with van der Waals surface area (Å²) in [6.45, 7) is 1.50. The molecule has 0 amide bonds. The lowest BCUT2D eigenvalue weighted by molar-refractivity contribution is 0.373. The molecule has 0 atom stereocenters. The van der Waals surface area contributed by atoms with Gasteiger partial charge in [0.25, 0.3) is 0 Å². The number of hydrogen-bond acceptors (Lipinski definition) is 3. The quantitative estimate of drug-likeness (QED) is 0.719. The maximum Gasteiger partial charge on any atom is 0.150 e. The number of H-pyrrole nitrogens is 1. The van der Waals surface area contributed by atoms with Crippen molar-refractivity contribution < 1.29 is 4.52 Å². The maximum atomic E-state index is 5.02. The Bertz CT molecular complexity index is 598. The largest absolute Gasteiger partial charge is 0.361 e. The lowest BCUT2D eigenvalue weighted by atomic mass is 10.1. The second-order valence-corrected chi connectivity index (χ2v) is 3.94. The molecular weight excluding hydrogens is 214 g/mol. The second kappa shape index (κ2) is 4.43. The van der Waals surface area contributed by atoms with Gasteiger partial charge < -0.3 is 14.8 Å². The van der Waals surface area contributed by atoms with Crippen LogP contribution in [0, 0.1) is 0 Å². The zero-order chi connectivity index (χ0) is 11.5. The van der Waals surface area contributed by atoms with E-state index in [4.69, 9.17) is 4.52 Å². The Morgan fingerprint density at radius 3 is 3.06 bits per heavy atom. The summed E-state index contributed by atoms with van der Waals surface area (Å²) in [5.41, 5.74) is 2.45. The van der Waals surface area contributed by atoms with E-state index in [0.29, 0.717) is 6.54 Å². The fraction of sp³-hybridized carbons (Fsp3) is 0.154. The molecule has 2 N–H and O–H groups in total. The predicted molar refractivity (Wildman–Crippen MR) is 65.3 cm³/mol. The standard InChI is InChI=1S/C13H13N3O/c1-2-10-4-6-15-13(10)11(3-1)8-14-9-12-5-7-16-17-12/h1-7,14-15H,8-9H2. The minimum Gasteiger partial charge on any atom is -0.361 e. The van der Waals surface area contributed by atoms with Crippen LogP contribution in [-0.2, 0) is 13.1 Å². The molecular formula is C13H13N3O. The van der Waals surface area contributed by atoms with Crippen LogP contribution >= 0.6 is 0 Å². The van der Waals surface area contributed by atoms with E-state index >= 15 is 0 Å². The van der Waals surface area contributed by atoms with Crippen LogP contribution < -0.4 is 5.32 Å². The number of benzene rings is 1. The molecule has 0 radical (unpaired) electrons. The second-order valence-electron chi connectivity index (χ2n) is 3.94. The number of aromatic nitrogens is 2. The molecule has 0 saturated carbocycles. The van der Waals surface area contributed by atoms with Gasteiger partial charge >= 0.3 is 0 Å². The fourth-order valence-corrected chi connectivity index (χ4v) is 1.95. The highest BCUT2D eigenvalue weighted by molar-refractivity contribution is 5.82. The first kappa shape index (κ1) is 10.1. The van der Waals surface area contributed by atoms with Gasteiger partial charge in [-0.1, -0.05) is 23.4 Å². The summed E-state index contributed by atoms with van der Waals surface area (Å²) >= 11 is 0. The van der Waals surface area contributed by atoms with E-state index in [-0.39, 0.29) is 0 Å². The lowest BCUT2D eigenvalue weighted by Gasteiger charge is -2.04. The van der Waals surface area contributed by atoms with E-state index in [1.54, 1.807) is 6.20 Å². The van der Waals surface area contributed by atoms with Crippen molar-refractivity contribution in [1.29, 1.82) is 0 Å². The summed E-state index contributed by atoms with van der Waals surface area (Å²) in [6, 6.07) is 10.2. The number of aromatic amines is 1. The molecule has 86 valence electrons. The summed E-state index contributed by atoms with van der Waals surface area (Å²) in [6.07, 6.45) is 3.62. The van der Waals surface area contributed by atoms with Gasteiger partial charge in [0.1, 0.15) is 5.76 Å². The van der Waals surface area contributed by atoms with Gasteiger partial charge in [-0.25, -0.2) is 0 Å². The summed E-state index contributed by atoms with van der Waals surface area (Å²) in [7, 11) is 0. The van der Waals surface area contributed by atoms with Crippen molar-refractivity contribution in [2.24, 2.45) is 0 Å². The minimum absolute atomic E-state index is 0.692. The van der Waals surface area contributed by atoms with Crippen LogP contribution in [0.2, 0.25) is 0 Å². The molecule has 0 bridgehead atoms. The van der Waals surface area contributed by atoms with Gasteiger partial charge in [-0.3, -0.25) is 0 Å². The highest BCUT2D eigenvalue weighted by Gasteiger charge is 2.02. The molecule has 17 heavy (non-hydrogen) atoms. The van der Waals surface area contributed by atoms with Gasteiger partial charge in [-0.15, -0.1) is 0 Å². The van der Waals surface area contributed by atoms with Crippen molar-refractivity contribution in [3.63, 3.8) is 0 Å². The fourth-order valence-electron chi connectivity index (χ4n) is 1.95. The topological polar surface area (TPSA) is 53.9 Å². The minimum atomic E-state index is 0.692. The molecule has 2 heterocycles. The van der Waals surface area contributed by atoms with Gasteiger partial charge in [-0.2, -0.15) is 0 Å². The van der Waals surface area contributed by atoms with E-state index in [0.717, 1.165) is 12.3 Å². The third-order valence-electron chi connectivity index (χ3n) is 2.78. The smallest absolute Gasteiger partial charge is 0.150 e. The van der Waals surface area contributed by atoms with Crippen LogP contribution in [0.1, 0.15) is 11.3 Å². The molecule has 4 heteroatoms. The molecule has 2 aromatic heterocycles. The van der Waals surface area contributed by atoms with Crippen molar-refractivity contribution in [3.05, 3.63) is 54.0 Å². The first-order valence-corrected chi connectivity index (χ1v) is 5.59. The molecule has 0 saturated heterocycles. The Kier molecular flexibility index (Phi) is 2.63. The molecule has 0 aliphatic heterocycles. The molecule has 3 rings (SSSR count). The molecule has 4 nitrogen and oxygen atoms in total. The first-order valence-electron chi connectivity index (χ1n) is 5.59. The average molecular weight is 227 g/mol. The first-order chi connectivity index (χ1) is 8.43. The van der Waals surface area contributed by atoms with Crippen LogP contribution in [0.15, 0.2) is 47.2 Å². The van der Waals surface area contributed by atoms with Crippen LogP contribution in [0.4, 0.5) is 0 Å². The van der Waals surface area contributed by atoms with Crippen molar-refractivity contribution >= 4 is 10.9 Å². The number of fused-ring (bicyclic) bond motifs is 1. The lowest BCUT2D eigenvalue weighted by Crippen LogP contribution is -2.12. The monoisotopic (exact) mass is 227 g/mol. The molecule has 0 fully saturated rings. The Balaban J connectivity index is 1.70. The number of para-hydroxylation sites is 1. The van der Waals surface area contributed by atoms with Crippen molar-refractivity contribution in [3.8, 4) is 0 Å². The van der Waals surface area contributed by atoms with Crippen LogP contribution in [-0.4, -0.2) is 10.1 Å². The zero-order valence-corrected chi connectivity index (χ0v) is 9.31. The van der Waals surface area contributed by atoms with Gasteiger partial charge in [0.15, 0.2) is 0 Å². The Morgan fingerprint density at radius 1 is 1.18 bits per heavy atom. The number of rotatable bonds is 4. The highest BCUT2D eigenvalue weighted by atomic mass is 16.5. The van der Waals surface area contributed by atoms with E-state index in [1.807, 2.05) is 12.3 Å². The van der Waals surface area contributed by atoms with Gasteiger partial charge in [0.05, 0.1) is 12.7 Å². The van der Waals surface area contributed by atoms with Gasteiger partial charge in [0, 0.05) is 24.3 Å². The summed E-state index contributed by atoms with van der Waals surface area (Å²) in [5.74, 6) is 0.851. The molecule has 3 aromatic rings. The Hall–Kier alpha value is -2.07. The van der Waals surface area contributed by atoms with Crippen molar-refractivity contribution in [2.45, 2.75) is 13.1 Å². The molecule has 0 aliphatic carbocycles. The van der Waals surface area contributed by atoms with Crippen LogP contribution in [0.25, 0.3) is 10.9 Å². The zero-order valence-electron chi connectivity index (χ0n) is 9.31. The maximum absolute atomic E-state index is 5.02. The van der Waals surface area contributed by atoms with E-state index in [9.17, 15) is 0 Å². The molecule has 0 unspecified atom stereocenters.